The van der Waals surface area contributed by atoms with Crippen LogP contribution < -0.4 is 0 Å². The minimum absolute atomic E-state index is 0.169. The molecule has 0 aliphatic heterocycles. The first-order chi connectivity index (χ1) is 7.65. The zero-order valence-electron chi connectivity index (χ0n) is 8.81. The van der Waals surface area contributed by atoms with Crippen molar-refractivity contribution in [1.82, 2.24) is 14.9 Å². The van der Waals surface area contributed by atoms with E-state index in [0.29, 0.717) is 17.5 Å². The van der Waals surface area contributed by atoms with Crippen molar-refractivity contribution in [1.29, 1.82) is 10.5 Å². The molecule has 1 heterocycles. The molecule has 1 aromatic rings. The first kappa shape index (κ1) is 12.4. The van der Waals surface area contributed by atoms with Gasteiger partial charge in [-0.05, 0) is 13.0 Å². The summed E-state index contributed by atoms with van der Waals surface area (Å²) in [6, 6.07) is 5.63. The van der Waals surface area contributed by atoms with Gasteiger partial charge >= 0.3 is 0 Å². The molecule has 0 saturated heterocycles. The van der Waals surface area contributed by atoms with Gasteiger partial charge in [0.1, 0.15) is 11.0 Å². The molecule has 0 unspecified atom stereocenters. The van der Waals surface area contributed by atoms with Crippen molar-refractivity contribution in [3.05, 3.63) is 22.7 Å². The standard InChI is InChI=1S/C10H10ClN5/c1-8-6-9(11)15-10(14-8)7-16(4-2-12)5-3-13/h6H,4-5,7H2,1H3. The molecule has 0 aromatic carbocycles. The average molecular weight is 236 g/mol. The van der Waals surface area contributed by atoms with E-state index in [2.05, 4.69) is 9.97 Å². The number of hydrogen-bond donors (Lipinski definition) is 0. The third kappa shape index (κ3) is 3.82. The second-order valence-electron chi connectivity index (χ2n) is 3.21. The third-order valence-corrected chi connectivity index (χ3v) is 2.02. The Kier molecular flexibility index (Phi) is 4.65. The molecular weight excluding hydrogens is 226 g/mol. The van der Waals surface area contributed by atoms with E-state index in [-0.39, 0.29) is 13.1 Å². The molecule has 5 nitrogen and oxygen atoms in total. The Hall–Kier alpha value is -1.69. The number of aromatic nitrogens is 2. The number of aryl methyl sites for hydroxylation is 1. The highest BCUT2D eigenvalue weighted by atomic mass is 35.5. The van der Waals surface area contributed by atoms with Crippen LogP contribution >= 0.6 is 11.6 Å². The molecule has 6 heteroatoms. The lowest BCUT2D eigenvalue weighted by Crippen LogP contribution is -2.25. The van der Waals surface area contributed by atoms with Crippen LogP contribution in [0, 0.1) is 29.6 Å². The fourth-order valence-corrected chi connectivity index (χ4v) is 1.48. The lowest BCUT2D eigenvalue weighted by Gasteiger charge is -2.13. The van der Waals surface area contributed by atoms with Gasteiger partial charge in [-0.25, -0.2) is 9.97 Å². The Bertz CT molecular complexity index is 409. The minimum atomic E-state index is 0.169. The molecule has 0 spiro atoms. The summed E-state index contributed by atoms with van der Waals surface area (Å²) in [5, 5.41) is 17.5. The smallest absolute Gasteiger partial charge is 0.144 e. The van der Waals surface area contributed by atoms with E-state index < -0.39 is 0 Å². The second-order valence-corrected chi connectivity index (χ2v) is 3.60. The molecule has 0 N–H and O–H groups in total. The summed E-state index contributed by atoms with van der Waals surface area (Å²) in [4.78, 5) is 9.86. The highest BCUT2D eigenvalue weighted by Crippen LogP contribution is 2.08. The van der Waals surface area contributed by atoms with E-state index in [4.69, 9.17) is 22.1 Å². The Morgan fingerprint density at radius 3 is 2.44 bits per heavy atom. The zero-order valence-corrected chi connectivity index (χ0v) is 9.57. The van der Waals surface area contributed by atoms with Crippen molar-refractivity contribution in [3.8, 4) is 12.1 Å². The van der Waals surface area contributed by atoms with Gasteiger partial charge < -0.3 is 0 Å². The summed E-state index contributed by atoms with van der Waals surface area (Å²) in [5.41, 5.74) is 0.767. The largest absolute Gasteiger partial charge is 0.270 e. The first-order valence-corrected chi connectivity index (χ1v) is 5.00. The molecule has 0 amide bonds. The third-order valence-electron chi connectivity index (χ3n) is 1.82. The van der Waals surface area contributed by atoms with Crippen molar-refractivity contribution in [2.75, 3.05) is 13.1 Å². The lowest BCUT2D eigenvalue weighted by atomic mass is 10.4. The van der Waals surface area contributed by atoms with E-state index >= 15 is 0 Å². The summed E-state index contributed by atoms with van der Waals surface area (Å²) in [7, 11) is 0. The molecule has 0 bridgehead atoms. The van der Waals surface area contributed by atoms with E-state index in [1.807, 2.05) is 19.1 Å². The summed E-state index contributed by atoms with van der Waals surface area (Å²) in [6.07, 6.45) is 0. The summed E-state index contributed by atoms with van der Waals surface area (Å²) >= 11 is 5.79. The van der Waals surface area contributed by atoms with Gasteiger partial charge in [-0.15, -0.1) is 0 Å². The molecular formula is C10H10ClN5. The predicted molar refractivity (Wildman–Crippen MR) is 58.3 cm³/mol. The van der Waals surface area contributed by atoms with Crippen LogP contribution in [0.25, 0.3) is 0 Å². The van der Waals surface area contributed by atoms with Crippen molar-refractivity contribution in [2.24, 2.45) is 0 Å². The van der Waals surface area contributed by atoms with Crippen LogP contribution in [0.15, 0.2) is 6.07 Å². The lowest BCUT2D eigenvalue weighted by molar-refractivity contribution is 0.325. The van der Waals surface area contributed by atoms with Crippen molar-refractivity contribution in [2.45, 2.75) is 13.5 Å². The number of nitrogens with zero attached hydrogens (tertiary/aromatic N) is 5. The highest BCUT2D eigenvalue weighted by Gasteiger charge is 2.08. The van der Waals surface area contributed by atoms with Gasteiger partial charge in [-0.1, -0.05) is 11.6 Å². The fourth-order valence-electron chi connectivity index (χ4n) is 1.23. The maximum Gasteiger partial charge on any atom is 0.144 e. The highest BCUT2D eigenvalue weighted by molar-refractivity contribution is 6.29. The van der Waals surface area contributed by atoms with Gasteiger partial charge in [0.05, 0.1) is 31.8 Å². The molecule has 1 aromatic heterocycles. The Morgan fingerprint density at radius 2 is 1.94 bits per heavy atom. The molecule has 0 saturated carbocycles. The van der Waals surface area contributed by atoms with Gasteiger partial charge in [-0.3, -0.25) is 4.90 Å². The molecule has 0 radical (unpaired) electrons. The van der Waals surface area contributed by atoms with Crippen LogP contribution in [0.4, 0.5) is 0 Å². The van der Waals surface area contributed by atoms with E-state index in [1.54, 1.807) is 11.0 Å². The van der Waals surface area contributed by atoms with Gasteiger partial charge in [0.25, 0.3) is 0 Å². The Labute approximate surface area is 98.9 Å². The molecule has 0 atom stereocenters. The molecule has 1 rings (SSSR count). The number of rotatable bonds is 4. The van der Waals surface area contributed by atoms with Crippen molar-refractivity contribution in [3.63, 3.8) is 0 Å². The van der Waals surface area contributed by atoms with Gasteiger partial charge in [-0.2, -0.15) is 10.5 Å². The SMILES string of the molecule is Cc1cc(Cl)nc(CN(CC#N)CC#N)n1. The Morgan fingerprint density at radius 1 is 1.31 bits per heavy atom. The monoisotopic (exact) mass is 235 g/mol. The van der Waals surface area contributed by atoms with Crippen molar-refractivity contribution >= 4 is 11.6 Å². The summed E-state index contributed by atoms with van der Waals surface area (Å²) < 4.78 is 0. The van der Waals surface area contributed by atoms with E-state index in [0.717, 1.165) is 5.69 Å². The van der Waals surface area contributed by atoms with E-state index in [1.165, 1.54) is 0 Å². The molecule has 0 aliphatic carbocycles. The van der Waals surface area contributed by atoms with E-state index in [9.17, 15) is 0 Å². The summed E-state index contributed by atoms with van der Waals surface area (Å²) in [6.45, 7) is 2.50. The van der Waals surface area contributed by atoms with Crippen LogP contribution in [0.5, 0.6) is 0 Å². The topological polar surface area (TPSA) is 76.6 Å². The molecule has 0 fully saturated rings. The number of halogens is 1. The average Bonchev–Trinajstić information content (AvgIpc) is 2.16. The van der Waals surface area contributed by atoms with Crippen LogP contribution in [0.3, 0.4) is 0 Å². The van der Waals surface area contributed by atoms with Crippen LogP contribution in [0.1, 0.15) is 11.5 Å². The van der Waals surface area contributed by atoms with Gasteiger partial charge in [0.15, 0.2) is 0 Å². The van der Waals surface area contributed by atoms with Crippen LogP contribution in [0.2, 0.25) is 5.15 Å². The van der Waals surface area contributed by atoms with Crippen LogP contribution in [-0.2, 0) is 6.54 Å². The Balaban J connectivity index is 2.77. The maximum atomic E-state index is 8.58. The quantitative estimate of drug-likeness (QED) is 0.581. The second kappa shape index (κ2) is 6.02. The first-order valence-electron chi connectivity index (χ1n) is 4.62. The zero-order chi connectivity index (χ0) is 12.0. The van der Waals surface area contributed by atoms with Crippen molar-refractivity contribution < 1.29 is 0 Å². The maximum absolute atomic E-state index is 8.58. The number of nitriles is 2. The fraction of sp³-hybridized carbons (Fsp3) is 0.400. The minimum Gasteiger partial charge on any atom is -0.270 e. The van der Waals surface area contributed by atoms with Crippen LogP contribution in [-0.4, -0.2) is 28.0 Å². The molecule has 16 heavy (non-hydrogen) atoms. The van der Waals surface area contributed by atoms with Gasteiger partial charge in [0.2, 0.25) is 0 Å². The normalized spacial score (nSPS) is 9.81. The summed E-state index contributed by atoms with van der Waals surface area (Å²) in [5.74, 6) is 0.524. The molecule has 0 aliphatic rings. The molecule has 82 valence electrons. The van der Waals surface area contributed by atoms with Gasteiger partial charge in [0, 0.05) is 5.69 Å². The predicted octanol–water partition coefficient (Wildman–Crippen LogP) is 1.29. The number of hydrogen-bond acceptors (Lipinski definition) is 5.